The third-order valence-corrected chi connectivity index (χ3v) is 5.72. The molecule has 0 aliphatic heterocycles. The van der Waals surface area contributed by atoms with Crippen molar-refractivity contribution in [3.63, 3.8) is 0 Å². The highest BCUT2D eigenvalue weighted by molar-refractivity contribution is 7.89. The normalized spacial score (nSPS) is 25.3. The average Bonchev–Trinajstić information content (AvgIpc) is 2.48. The number of sulfonamides is 1. The number of primary sulfonamides is 1. The molecule has 6 heteroatoms. The lowest BCUT2D eigenvalue weighted by molar-refractivity contribution is 0.229. The van der Waals surface area contributed by atoms with Crippen molar-refractivity contribution in [2.45, 2.75) is 50.5 Å². The zero-order chi connectivity index (χ0) is 17.0. The first kappa shape index (κ1) is 18.2. The van der Waals surface area contributed by atoms with Gasteiger partial charge < -0.3 is 10.1 Å². The Bertz CT molecular complexity index is 631. The minimum absolute atomic E-state index is 0.0531. The number of ether oxygens (including phenoxy) is 1. The van der Waals surface area contributed by atoms with Crippen molar-refractivity contribution in [2.24, 2.45) is 17.0 Å². The molecule has 0 heterocycles. The monoisotopic (exact) mass is 340 g/mol. The maximum Gasteiger partial charge on any atom is 0.241 e. The number of hydrogen-bond donors (Lipinski definition) is 2. The number of hydrogen-bond acceptors (Lipinski definition) is 4. The first-order chi connectivity index (χ1) is 10.8. The summed E-state index contributed by atoms with van der Waals surface area (Å²) < 4.78 is 28.4. The molecule has 0 unspecified atom stereocenters. The summed E-state index contributed by atoms with van der Waals surface area (Å²) in [6.07, 6.45) is 4.54. The van der Waals surface area contributed by atoms with E-state index in [1.807, 2.05) is 6.07 Å². The third-order valence-electron chi connectivity index (χ3n) is 4.79. The van der Waals surface area contributed by atoms with E-state index in [4.69, 9.17) is 9.88 Å². The Balaban J connectivity index is 1.96. The number of nitrogens with one attached hydrogen (secondary N) is 1. The molecule has 1 aromatic rings. The quantitative estimate of drug-likeness (QED) is 0.832. The first-order valence-electron chi connectivity index (χ1n) is 8.24. The van der Waals surface area contributed by atoms with E-state index in [0.29, 0.717) is 17.7 Å². The number of benzene rings is 1. The first-order valence-corrected chi connectivity index (χ1v) is 9.79. The van der Waals surface area contributed by atoms with Crippen molar-refractivity contribution < 1.29 is 13.2 Å². The van der Waals surface area contributed by atoms with Crippen molar-refractivity contribution in [3.05, 3.63) is 23.8 Å². The molecule has 1 aliphatic carbocycles. The van der Waals surface area contributed by atoms with Gasteiger partial charge in [-0.3, -0.25) is 0 Å². The highest BCUT2D eigenvalue weighted by Crippen LogP contribution is 2.28. The van der Waals surface area contributed by atoms with E-state index < -0.39 is 10.0 Å². The molecule has 130 valence electrons. The summed E-state index contributed by atoms with van der Waals surface area (Å²) in [5.74, 6) is 1.80. The van der Waals surface area contributed by atoms with Crippen molar-refractivity contribution in [1.82, 2.24) is 5.32 Å². The predicted octanol–water partition coefficient (Wildman–Crippen LogP) is 2.30. The molecule has 0 saturated heterocycles. The van der Waals surface area contributed by atoms with Crippen LogP contribution in [0.5, 0.6) is 5.75 Å². The largest absolute Gasteiger partial charge is 0.495 e. The molecule has 0 aromatic heterocycles. The molecule has 0 bridgehead atoms. The molecule has 23 heavy (non-hydrogen) atoms. The Hall–Kier alpha value is -1.11. The fraction of sp³-hybridized carbons (Fsp3) is 0.647. The molecular formula is C17H28N2O3S. The van der Waals surface area contributed by atoms with Crippen LogP contribution in [0.1, 0.15) is 38.7 Å². The highest BCUT2D eigenvalue weighted by Gasteiger charge is 2.24. The van der Waals surface area contributed by atoms with Gasteiger partial charge >= 0.3 is 0 Å². The van der Waals surface area contributed by atoms with Crippen LogP contribution in [0.25, 0.3) is 0 Å². The molecule has 3 atom stereocenters. The lowest BCUT2D eigenvalue weighted by Crippen LogP contribution is -2.39. The van der Waals surface area contributed by atoms with Gasteiger partial charge in [-0.1, -0.05) is 19.9 Å². The van der Waals surface area contributed by atoms with Gasteiger partial charge in [-0.15, -0.1) is 0 Å². The van der Waals surface area contributed by atoms with Gasteiger partial charge in [0.25, 0.3) is 0 Å². The molecule has 2 rings (SSSR count). The van der Waals surface area contributed by atoms with Crippen molar-refractivity contribution in [3.8, 4) is 5.75 Å². The SMILES string of the molecule is COc1ccc(CCN[C@@H]2CC[C@H](C)C[C@@H]2C)cc1S(N)(=O)=O. The molecule has 5 nitrogen and oxygen atoms in total. The van der Waals surface area contributed by atoms with Gasteiger partial charge in [0.05, 0.1) is 7.11 Å². The Morgan fingerprint density at radius 1 is 1.30 bits per heavy atom. The van der Waals surface area contributed by atoms with E-state index in [9.17, 15) is 8.42 Å². The summed E-state index contributed by atoms with van der Waals surface area (Å²) in [5, 5.41) is 8.87. The molecule has 1 fully saturated rings. The van der Waals surface area contributed by atoms with Gasteiger partial charge in [0, 0.05) is 6.04 Å². The topological polar surface area (TPSA) is 81.4 Å². The maximum absolute atomic E-state index is 11.6. The molecule has 1 aromatic carbocycles. The van der Waals surface area contributed by atoms with E-state index in [1.54, 1.807) is 12.1 Å². The zero-order valence-electron chi connectivity index (χ0n) is 14.2. The third kappa shape index (κ3) is 4.93. The van der Waals surface area contributed by atoms with Gasteiger partial charge in [-0.2, -0.15) is 0 Å². The fourth-order valence-corrected chi connectivity index (χ4v) is 4.22. The second-order valence-corrected chi connectivity index (χ2v) is 8.27. The zero-order valence-corrected chi connectivity index (χ0v) is 15.0. The maximum atomic E-state index is 11.6. The van der Waals surface area contributed by atoms with Crippen LogP contribution < -0.4 is 15.2 Å². The van der Waals surface area contributed by atoms with Crippen molar-refractivity contribution >= 4 is 10.0 Å². The van der Waals surface area contributed by atoms with Crippen LogP contribution in [-0.2, 0) is 16.4 Å². The number of rotatable bonds is 6. The summed E-state index contributed by atoms with van der Waals surface area (Å²) in [7, 11) is -2.33. The summed E-state index contributed by atoms with van der Waals surface area (Å²) >= 11 is 0. The van der Waals surface area contributed by atoms with Crippen LogP contribution in [0.2, 0.25) is 0 Å². The van der Waals surface area contributed by atoms with Gasteiger partial charge in [-0.25, -0.2) is 13.6 Å². The smallest absolute Gasteiger partial charge is 0.241 e. The molecule has 0 radical (unpaired) electrons. The fourth-order valence-electron chi connectivity index (χ4n) is 3.47. The second-order valence-electron chi connectivity index (χ2n) is 6.74. The lowest BCUT2D eigenvalue weighted by Gasteiger charge is -2.33. The summed E-state index contributed by atoms with van der Waals surface area (Å²) in [6.45, 7) is 5.46. The molecule has 3 N–H and O–H groups in total. The van der Waals surface area contributed by atoms with E-state index in [0.717, 1.165) is 24.4 Å². The van der Waals surface area contributed by atoms with Crippen LogP contribution in [0.3, 0.4) is 0 Å². The lowest BCUT2D eigenvalue weighted by atomic mass is 9.80. The van der Waals surface area contributed by atoms with Crippen LogP contribution in [0.15, 0.2) is 23.1 Å². The van der Waals surface area contributed by atoms with Crippen LogP contribution in [0.4, 0.5) is 0 Å². The molecule has 0 spiro atoms. The van der Waals surface area contributed by atoms with Crippen LogP contribution in [-0.4, -0.2) is 28.1 Å². The van der Waals surface area contributed by atoms with Gasteiger partial charge in [0.15, 0.2) is 0 Å². The number of methoxy groups -OCH3 is 1. The Morgan fingerprint density at radius 2 is 2.04 bits per heavy atom. The van der Waals surface area contributed by atoms with Crippen molar-refractivity contribution in [2.75, 3.05) is 13.7 Å². The van der Waals surface area contributed by atoms with E-state index in [1.165, 1.54) is 26.4 Å². The minimum Gasteiger partial charge on any atom is -0.495 e. The standard InChI is InChI=1S/C17H28N2O3S/c1-12-4-6-15(13(2)10-12)19-9-8-14-5-7-16(22-3)17(11-14)23(18,20)21/h5,7,11-13,15,19H,4,6,8-10H2,1-3H3,(H2,18,20,21)/t12-,13-,15+/m0/s1. The summed E-state index contributed by atoms with van der Waals surface area (Å²) in [4.78, 5) is 0.0531. The second kappa shape index (κ2) is 7.64. The number of nitrogens with two attached hydrogens (primary N) is 1. The molecule has 1 saturated carbocycles. The average molecular weight is 340 g/mol. The summed E-state index contributed by atoms with van der Waals surface area (Å²) in [5.41, 5.74) is 0.944. The van der Waals surface area contributed by atoms with E-state index in [-0.39, 0.29) is 4.90 Å². The van der Waals surface area contributed by atoms with Crippen LogP contribution >= 0.6 is 0 Å². The molecule has 0 amide bonds. The van der Waals surface area contributed by atoms with Gasteiger partial charge in [0.1, 0.15) is 10.6 Å². The highest BCUT2D eigenvalue weighted by atomic mass is 32.2. The van der Waals surface area contributed by atoms with Gasteiger partial charge in [0.2, 0.25) is 10.0 Å². The van der Waals surface area contributed by atoms with Crippen molar-refractivity contribution in [1.29, 1.82) is 0 Å². The molecule has 1 aliphatic rings. The van der Waals surface area contributed by atoms with Crippen LogP contribution in [0, 0.1) is 11.8 Å². The Kier molecular flexibility index (Phi) is 6.06. The molecular weight excluding hydrogens is 312 g/mol. The summed E-state index contributed by atoms with van der Waals surface area (Å²) in [6, 6.07) is 5.73. The minimum atomic E-state index is -3.77. The van der Waals surface area contributed by atoms with E-state index in [2.05, 4.69) is 19.2 Å². The van der Waals surface area contributed by atoms with E-state index >= 15 is 0 Å². The Morgan fingerprint density at radius 3 is 2.65 bits per heavy atom. The van der Waals surface area contributed by atoms with Gasteiger partial charge in [-0.05, 0) is 61.8 Å². The Labute approximate surface area is 139 Å². The predicted molar refractivity (Wildman–Crippen MR) is 92.0 cm³/mol.